The van der Waals surface area contributed by atoms with Gasteiger partial charge in [-0.2, -0.15) is 0 Å². The molecule has 0 aliphatic rings. The van der Waals surface area contributed by atoms with Gasteiger partial charge in [-0.05, 0) is 56.7 Å². The Balaban J connectivity index is 1.97. The zero-order valence-corrected chi connectivity index (χ0v) is 15.1. The number of carbonyl (C=O) groups is 1. The molecule has 23 heavy (non-hydrogen) atoms. The molecular formula is C18H21BrN2O2. The van der Waals surface area contributed by atoms with Gasteiger partial charge in [-0.15, -0.1) is 0 Å². The van der Waals surface area contributed by atoms with Gasteiger partial charge in [0, 0.05) is 10.2 Å². The summed E-state index contributed by atoms with van der Waals surface area (Å²) in [5, 5.41) is 6.03. The summed E-state index contributed by atoms with van der Waals surface area (Å²) in [6.45, 7) is 6.08. The lowest BCUT2D eigenvalue weighted by Gasteiger charge is -2.15. The van der Waals surface area contributed by atoms with E-state index in [9.17, 15) is 4.79 Å². The molecule has 0 aliphatic carbocycles. The van der Waals surface area contributed by atoms with Crippen molar-refractivity contribution in [1.82, 2.24) is 0 Å². The highest BCUT2D eigenvalue weighted by atomic mass is 79.9. The lowest BCUT2D eigenvalue weighted by molar-refractivity contribution is -0.114. The first-order valence-corrected chi connectivity index (χ1v) is 8.30. The number of hydrogen-bond donors (Lipinski definition) is 2. The number of nitrogens with one attached hydrogen (secondary N) is 2. The molecule has 0 atom stereocenters. The van der Waals surface area contributed by atoms with E-state index in [0.717, 1.165) is 27.2 Å². The molecule has 0 saturated carbocycles. The van der Waals surface area contributed by atoms with Crippen LogP contribution in [0.4, 0.5) is 11.4 Å². The molecule has 122 valence electrons. The highest BCUT2D eigenvalue weighted by molar-refractivity contribution is 9.10. The number of anilines is 2. The highest BCUT2D eigenvalue weighted by Gasteiger charge is 2.08. The van der Waals surface area contributed by atoms with Crippen molar-refractivity contribution < 1.29 is 9.53 Å². The van der Waals surface area contributed by atoms with Crippen molar-refractivity contribution in [3.63, 3.8) is 0 Å². The molecule has 5 heteroatoms. The van der Waals surface area contributed by atoms with Crippen LogP contribution in [-0.2, 0) is 4.79 Å². The topological polar surface area (TPSA) is 50.4 Å². The Morgan fingerprint density at radius 1 is 1.17 bits per heavy atom. The first kappa shape index (κ1) is 17.3. The van der Waals surface area contributed by atoms with Crippen LogP contribution in [0.1, 0.15) is 19.4 Å². The summed E-state index contributed by atoms with van der Waals surface area (Å²) in [7, 11) is 0. The van der Waals surface area contributed by atoms with E-state index < -0.39 is 0 Å². The predicted molar refractivity (Wildman–Crippen MR) is 98.2 cm³/mol. The summed E-state index contributed by atoms with van der Waals surface area (Å²) in [4.78, 5) is 12.1. The fraction of sp³-hybridized carbons (Fsp3) is 0.278. The SMILES string of the molecule is Cc1cc(Br)ccc1NC(=O)CNc1ccccc1OC(C)C. The Bertz CT molecular complexity index is 686. The molecule has 0 bridgehead atoms. The van der Waals surface area contributed by atoms with E-state index in [1.54, 1.807) is 0 Å². The van der Waals surface area contributed by atoms with E-state index in [4.69, 9.17) is 4.74 Å². The minimum Gasteiger partial charge on any atom is -0.489 e. The summed E-state index contributed by atoms with van der Waals surface area (Å²) in [5.74, 6) is 0.643. The van der Waals surface area contributed by atoms with Crippen LogP contribution in [0.3, 0.4) is 0 Å². The number of aryl methyl sites for hydroxylation is 1. The number of benzene rings is 2. The predicted octanol–water partition coefficient (Wildman–Crippen LogP) is 4.60. The number of rotatable bonds is 6. The third-order valence-corrected chi connectivity index (χ3v) is 3.64. The van der Waals surface area contributed by atoms with Crippen LogP contribution in [-0.4, -0.2) is 18.6 Å². The first-order valence-electron chi connectivity index (χ1n) is 7.51. The summed E-state index contributed by atoms with van der Waals surface area (Å²) in [5.41, 5.74) is 2.63. The van der Waals surface area contributed by atoms with Crippen molar-refractivity contribution >= 4 is 33.2 Å². The molecular weight excluding hydrogens is 356 g/mol. The van der Waals surface area contributed by atoms with Gasteiger partial charge in [0.15, 0.2) is 0 Å². The van der Waals surface area contributed by atoms with Gasteiger partial charge in [-0.1, -0.05) is 28.1 Å². The molecule has 2 N–H and O–H groups in total. The molecule has 0 saturated heterocycles. The van der Waals surface area contributed by atoms with Crippen molar-refractivity contribution in [2.45, 2.75) is 26.9 Å². The molecule has 2 aromatic rings. The second-order valence-corrected chi connectivity index (χ2v) is 6.44. The summed E-state index contributed by atoms with van der Waals surface area (Å²) in [6.07, 6.45) is 0.0807. The van der Waals surface area contributed by atoms with Crippen molar-refractivity contribution in [2.24, 2.45) is 0 Å². The monoisotopic (exact) mass is 376 g/mol. The quantitative estimate of drug-likeness (QED) is 0.774. The molecule has 0 heterocycles. The number of halogens is 1. The molecule has 0 aromatic heterocycles. The maximum atomic E-state index is 12.1. The van der Waals surface area contributed by atoms with E-state index in [0.29, 0.717) is 0 Å². The van der Waals surface area contributed by atoms with Gasteiger partial charge in [0.1, 0.15) is 5.75 Å². The van der Waals surface area contributed by atoms with Crippen LogP contribution in [0.5, 0.6) is 5.75 Å². The number of carbonyl (C=O) groups excluding carboxylic acids is 1. The third kappa shape index (κ3) is 5.28. The van der Waals surface area contributed by atoms with Gasteiger partial charge in [0.2, 0.25) is 5.91 Å². The fourth-order valence-electron chi connectivity index (χ4n) is 2.11. The molecule has 2 aromatic carbocycles. The van der Waals surface area contributed by atoms with E-state index in [2.05, 4.69) is 26.6 Å². The minimum atomic E-state index is -0.102. The lowest BCUT2D eigenvalue weighted by Crippen LogP contribution is -2.22. The van der Waals surface area contributed by atoms with Crippen LogP contribution in [0.15, 0.2) is 46.9 Å². The maximum Gasteiger partial charge on any atom is 0.243 e. The largest absolute Gasteiger partial charge is 0.489 e. The normalized spacial score (nSPS) is 10.5. The van der Waals surface area contributed by atoms with Gasteiger partial charge in [0.05, 0.1) is 18.3 Å². The van der Waals surface area contributed by atoms with Crippen LogP contribution >= 0.6 is 15.9 Å². The molecule has 0 unspecified atom stereocenters. The Kier molecular flexibility index (Phi) is 6.04. The smallest absolute Gasteiger partial charge is 0.243 e. The van der Waals surface area contributed by atoms with Gasteiger partial charge in [-0.3, -0.25) is 4.79 Å². The van der Waals surface area contributed by atoms with Crippen LogP contribution in [0.2, 0.25) is 0 Å². The fourth-order valence-corrected chi connectivity index (χ4v) is 2.58. The molecule has 1 amide bonds. The van der Waals surface area contributed by atoms with Crippen LogP contribution < -0.4 is 15.4 Å². The number of amides is 1. The second-order valence-electron chi connectivity index (χ2n) is 5.52. The number of hydrogen-bond acceptors (Lipinski definition) is 3. The van der Waals surface area contributed by atoms with Crippen LogP contribution in [0.25, 0.3) is 0 Å². The van der Waals surface area contributed by atoms with E-state index >= 15 is 0 Å². The van der Waals surface area contributed by atoms with Crippen molar-refractivity contribution in [3.05, 3.63) is 52.5 Å². The standard InChI is InChI=1S/C18H21BrN2O2/c1-12(2)23-17-7-5-4-6-16(17)20-11-18(22)21-15-9-8-14(19)10-13(15)3/h4-10,12,20H,11H2,1-3H3,(H,21,22). The summed E-state index contributed by atoms with van der Waals surface area (Å²) in [6, 6.07) is 13.4. The third-order valence-electron chi connectivity index (χ3n) is 3.15. The zero-order chi connectivity index (χ0) is 16.8. The van der Waals surface area contributed by atoms with Gasteiger partial charge < -0.3 is 15.4 Å². The lowest BCUT2D eigenvalue weighted by atomic mass is 10.2. The van der Waals surface area contributed by atoms with Gasteiger partial charge in [0.25, 0.3) is 0 Å². The van der Waals surface area contributed by atoms with E-state index in [1.807, 2.05) is 63.2 Å². The Morgan fingerprint density at radius 3 is 2.61 bits per heavy atom. The van der Waals surface area contributed by atoms with Gasteiger partial charge >= 0.3 is 0 Å². The molecule has 0 spiro atoms. The molecule has 0 fully saturated rings. The maximum absolute atomic E-state index is 12.1. The van der Waals surface area contributed by atoms with Gasteiger partial charge in [-0.25, -0.2) is 0 Å². The first-order chi connectivity index (χ1) is 11.0. The molecule has 0 aliphatic heterocycles. The molecule has 4 nitrogen and oxygen atoms in total. The number of ether oxygens (including phenoxy) is 1. The zero-order valence-electron chi connectivity index (χ0n) is 13.5. The average Bonchev–Trinajstić information content (AvgIpc) is 2.49. The summed E-state index contributed by atoms with van der Waals surface area (Å²) < 4.78 is 6.72. The minimum absolute atomic E-state index is 0.0807. The molecule has 0 radical (unpaired) electrons. The van der Waals surface area contributed by atoms with Crippen molar-refractivity contribution in [3.8, 4) is 5.75 Å². The molecule has 2 rings (SSSR count). The Hall–Kier alpha value is -2.01. The average molecular weight is 377 g/mol. The van der Waals surface area contributed by atoms with Crippen molar-refractivity contribution in [2.75, 3.05) is 17.2 Å². The van der Waals surface area contributed by atoms with E-state index in [-0.39, 0.29) is 18.6 Å². The van der Waals surface area contributed by atoms with E-state index in [1.165, 1.54) is 0 Å². The highest BCUT2D eigenvalue weighted by Crippen LogP contribution is 2.25. The van der Waals surface area contributed by atoms with Crippen LogP contribution in [0, 0.1) is 6.92 Å². The summed E-state index contributed by atoms with van der Waals surface area (Å²) >= 11 is 3.41. The Morgan fingerprint density at radius 2 is 1.91 bits per heavy atom. The van der Waals surface area contributed by atoms with Crippen molar-refractivity contribution in [1.29, 1.82) is 0 Å². The number of para-hydroxylation sites is 2. The second kappa shape index (κ2) is 8.02. The Labute approximate surface area is 145 Å².